The highest BCUT2D eigenvalue weighted by Crippen LogP contribution is 2.27. The number of rotatable bonds is 12. The molecule has 2 amide bonds. The smallest absolute Gasteiger partial charge is 0.264 e. The van der Waals surface area contributed by atoms with E-state index in [9.17, 15) is 18.0 Å². The fraction of sp³-hybridized carbons (Fsp3) is 0.412. The maximum absolute atomic E-state index is 14.3. The molecular weight excluding hydrogens is 562 g/mol. The number of nitrogens with zero attached hydrogens (tertiary/aromatic N) is 2. The van der Waals surface area contributed by atoms with Crippen LogP contribution in [0.15, 0.2) is 77.7 Å². The second-order valence-corrected chi connectivity index (χ2v) is 13.2. The maximum Gasteiger partial charge on any atom is 0.264 e. The van der Waals surface area contributed by atoms with E-state index in [1.165, 1.54) is 17.0 Å². The van der Waals surface area contributed by atoms with Gasteiger partial charge in [-0.05, 0) is 86.2 Å². The molecule has 1 atom stereocenters. The van der Waals surface area contributed by atoms with Crippen molar-refractivity contribution >= 4 is 27.5 Å². The first-order valence-corrected chi connectivity index (χ1v) is 16.4. The minimum Gasteiger partial charge on any atom is -0.497 e. The Labute approximate surface area is 256 Å². The first kappa shape index (κ1) is 32.1. The number of hydrogen-bond donors (Lipinski definition) is 1. The van der Waals surface area contributed by atoms with Gasteiger partial charge in [0.25, 0.3) is 10.0 Å². The number of amides is 2. The predicted octanol–water partition coefficient (Wildman–Crippen LogP) is 5.76. The number of hydrogen-bond acceptors (Lipinski definition) is 5. The number of carbonyl (C=O) groups is 2. The van der Waals surface area contributed by atoms with Crippen molar-refractivity contribution in [1.82, 2.24) is 10.2 Å². The Morgan fingerprint density at radius 1 is 0.930 bits per heavy atom. The number of nitrogens with one attached hydrogen (secondary N) is 1. The number of anilines is 1. The van der Waals surface area contributed by atoms with Gasteiger partial charge in [0.2, 0.25) is 11.8 Å². The average Bonchev–Trinajstić information content (AvgIpc) is 3.00. The van der Waals surface area contributed by atoms with Crippen LogP contribution in [0.3, 0.4) is 0 Å². The summed E-state index contributed by atoms with van der Waals surface area (Å²) in [4.78, 5) is 29.6. The summed E-state index contributed by atoms with van der Waals surface area (Å²) < 4.78 is 34.7. The average molecular weight is 606 g/mol. The van der Waals surface area contributed by atoms with Crippen LogP contribution in [0.1, 0.15) is 62.1 Å². The highest BCUT2D eigenvalue weighted by molar-refractivity contribution is 7.92. The summed E-state index contributed by atoms with van der Waals surface area (Å²) >= 11 is 0. The van der Waals surface area contributed by atoms with Gasteiger partial charge in [-0.15, -0.1) is 0 Å². The van der Waals surface area contributed by atoms with Crippen LogP contribution in [0.2, 0.25) is 0 Å². The van der Waals surface area contributed by atoms with Gasteiger partial charge in [-0.3, -0.25) is 13.9 Å². The lowest BCUT2D eigenvalue weighted by Gasteiger charge is -2.34. The largest absolute Gasteiger partial charge is 0.497 e. The zero-order valence-corrected chi connectivity index (χ0v) is 26.4. The van der Waals surface area contributed by atoms with Crippen molar-refractivity contribution in [2.24, 2.45) is 0 Å². The fourth-order valence-electron chi connectivity index (χ4n) is 5.77. The number of sulfonamides is 1. The summed E-state index contributed by atoms with van der Waals surface area (Å²) in [7, 11) is -2.54. The molecule has 3 aromatic carbocycles. The normalized spacial score (nSPS) is 14.5. The lowest BCUT2D eigenvalue weighted by atomic mass is 9.95. The second-order valence-electron chi connectivity index (χ2n) is 11.3. The molecule has 1 fully saturated rings. The van der Waals surface area contributed by atoms with Crippen LogP contribution in [-0.4, -0.2) is 50.9 Å². The Hall–Kier alpha value is -3.85. The van der Waals surface area contributed by atoms with Gasteiger partial charge in [-0.1, -0.05) is 62.6 Å². The van der Waals surface area contributed by atoms with Crippen molar-refractivity contribution in [1.29, 1.82) is 0 Å². The number of benzene rings is 3. The summed E-state index contributed by atoms with van der Waals surface area (Å²) in [5, 5.41) is 3.18. The van der Waals surface area contributed by atoms with E-state index >= 15 is 0 Å². The van der Waals surface area contributed by atoms with E-state index in [0.29, 0.717) is 17.9 Å². The molecule has 0 saturated heterocycles. The molecule has 1 aliphatic rings. The molecule has 1 aliphatic carbocycles. The molecule has 4 rings (SSSR count). The zero-order valence-electron chi connectivity index (χ0n) is 25.6. The standard InChI is InChI=1S/C34H43N3O5S/c1-5-32(34(39)35-28-14-8-6-9-15-28)36(23-27-13-12-16-30(22-27)42-4)33(38)24-37(29-20-25(2)19-26(3)21-29)43(40,41)31-17-10-7-11-18-31/h7,10-13,16-22,28,32H,5-6,8-9,14-15,23-24H2,1-4H3,(H,35,39)/t32-/m0/s1. The molecule has 0 aromatic heterocycles. The minimum atomic E-state index is -4.11. The van der Waals surface area contributed by atoms with E-state index in [1.54, 1.807) is 37.4 Å². The predicted molar refractivity (Wildman–Crippen MR) is 170 cm³/mol. The molecular formula is C34H43N3O5S. The molecule has 1 saturated carbocycles. The van der Waals surface area contributed by atoms with E-state index in [2.05, 4.69) is 5.32 Å². The molecule has 0 spiro atoms. The lowest BCUT2D eigenvalue weighted by Crippen LogP contribution is -2.54. The van der Waals surface area contributed by atoms with Gasteiger partial charge in [0.05, 0.1) is 17.7 Å². The third kappa shape index (κ3) is 8.16. The SMILES string of the molecule is CC[C@@H](C(=O)NC1CCCCC1)N(Cc1cccc(OC)c1)C(=O)CN(c1cc(C)cc(C)c1)S(=O)(=O)c1ccccc1. The van der Waals surface area contributed by atoms with E-state index in [-0.39, 0.29) is 23.4 Å². The molecule has 0 aliphatic heterocycles. The van der Waals surface area contributed by atoms with Gasteiger partial charge in [0.15, 0.2) is 0 Å². The molecule has 43 heavy (non-hydrogen) atoms. The van der Waals surface area contributed by atoms with Crippen LogP contribution >= 0.6 is 0 Å². The monoisotopic (exact) mass is 605 g/mol. The number of ether oxygens (including phenoxy) is 1. The van der Waals surface area contributed by atoms with Crippen molar-refractivity contribution in [3.63, 3.8) is 0 Å². The minimum absolute atomic E-state index is 0.0781. The molecule has 0 heterocycles. The molecule has 1 N–H and O–H groups in total. The van der Waals surface area contributed by atoms with Crippen LogP contribution < -0.4 is 14.4 Å². The first-order valence-electron chi connectivity index (χ1n) is 15.0. The van der Waals surface area contributed by atoms with Crippen molar-refractivity contribution in [3.8, 4) is 5.75 Å². The topological polar surface area (TPSA) is 96.0 Å². The molecule has 0 bridgehead atoms. The summed E-state index contributed by atoms with van der Waals surface area (Å²) in [5.41, 5.74) is 2.93. The summed E-state index contributed by atoms with van der Waals surface area (Å²) in [5.74, 6) is -0.0465. The first-order chi connectivity index (χ1) is 20.6. The van der Waals surface area contributed by atoms with Gasteiger partial charge in [-0.2, -0.15) is 0 Å². The molecule has 230 valence electrons. The van der Waals surface area contributed by atoms with E-state index in [1.807, 2.05) is 51.1 Å². The molecule has 3 aromatic rings. The Kier molecular flexibility index (Phi) is 10.9. The van der Waals surface area contributed by atoms with Crippen molar-refractivity contribution in [2.45, 2.75) is 82.8 Å². The van der Waals surface area contributed by atoms with Crippen LogP contribution in [0, 0.1) is 13.8 Å². The quantitative estimate of drug-likeness (QED) is 0.283. The lowest BCUT2D eigenvalue weighted by molar-refractivity contribution is -0.140. The Bertz CT molecular complexity index is 1480. The van der Waals surface area contributed by atoms with Gasteiger partial charge in [0, 0.05) is 12.6 Å². The Balaban J connectivity index is 1.73. The maximum atomic E-state index is 14.3. The van der Waals surface area contributed by atoms with Crippen LogP contribution in [0.25, 0.3) is 0 Å². The molecule has 8 nitrogen and oxygen atoms in total. The van der Waals surface area contributed by atoms with Crippen LogP contribution in [0.5, 0.6) is 5.75 Å². The van der Waals surface area contributed by atoms with E-state index in [4.69, 9.17) is 4.74 Å². The molecule has 0 unspecified atom stereocenters. The van der Waals surface area contributed by atoms with Crippen molar-refractivity contribution in [2.75, 3.05) is 18.0 Å². The third-order valence-electron chi connectivity index (χ3n) is 7.93. The summed E-state index contributed by atoms with van der Waals surface area (Å²) in [6, 6.07) is 20.2. The third-order valence-corrected chi connectivity index (χ3v) is 9.72. The van der Waals surface area contributed by atoms with Crippen LogP contribution in [0.4, 0.5) is 5.69 Å². The fourth-order valence-corrected chi connectivity index (χ4v) is 7.19. The number of carbonyl (C=O) groups excluding carboxylic acids is 2. The Morgan fingerprint density at radius 3 is 2.23 bits per heavy atom. The number of aryl methyl sites for hydroxylation is 2. The highest BCUT2D eigenvalue weighted by Gasteiger charge is 2.34. The van der Waals surface area contributed by atoms with Crippen LogP contribution in [-0.2, 0) is 26.2 Å². The van der Waals surface area contributed by atoms with Crippen molar-refractivity contribution in [3.05, 3.63) is 89.5 Å². The summed E-state index contributed by atoms with van der Waals surface area (Å²) in [6.45, 7) is 5.32. The summed E-state index contributed by atoms with van der Waals surface area (Å²) in [6.07, 6.45) is 5.51. The van der Waals surface area contributed by atoms with Gasteiger partial charge < -0.3 is 15.0 Å². The van der Waals surface area contributed by atoms with E-state index in [0.717, 1.165) is 53.1 Å². The van der Waals surface area contributed by atoms with E-state index < -0.39 is 28.5 Å². The number of methoxy groups -OCH3 is 1. The van der Waals surface area contributed by atoms with Gasteiger partial charge in [-0.25, -0.2) is 8.42 Å². The second kappa shape index (κ2) is 14.6. The zero-order chi connectivity index (χ0) is 31.0. The Morgan fingerprint density at radius 2 is 1.60 bits per heavy atom. The van der Waals surface area contributed by atoms with Gasteiger partial charge in [0.1, 0.15) is 18.3 Å². The molecule has 0 radical (unpaired) electrons. The van der Waals surface area contributed by atoms with Crippen molar-refractivity contribution < 1.29 is 22.7 Å². The highest BCUT2D eigenvalue weighted by atomic mass is 32.2. The van der Waals surface area contributed by atoms with Gasteiger partial charge >= 0.3 is 0 Å². The molecule has 9 heteroatoms.